The van der Waals surface area contributed by atoms with E-state index in [0.29, 0.717) is 11.6 Å². The second-order valence-corrected chi connectivity index (χ2v) is 4.68. The summed E-state index contributed by atoms with van der Waals surface area (Å²) in [6.45, 7) is 4.26. The van der Waals surface area contributed by atoms with E-state index >= 15 is 0 Å². The zero-order valence-corrected chi connectivity index (χ0v) is 11.0. The highest BCUT2D eigenvalue weighted by Gasteiger charge is 2.12. The molecule has 1 N–H and O–H groups in total. The smallest absolute Gasteiger partial charge is 0.292 e. The number of nitrogens with zero attached hydrogens (tertiary/aromatic N) is 1. The van der Waals surface area contributed by atoms with Crippen LogP contribution in [0.5, 0.6) is 0 Å². The minimum absolute atomic E-state index is 0.0791. The van der Waals surface area contributed by atoms with Crippen molar-refractivity contribution in [3.63, 3.8) is 0 Å². The summed E-state index contributed by atoms with van der Waals surface area (Å²) in [6, 6.07) is 14.6. The van der Waals surface area contributed by atoms with E-state index in [2.05, 4.69) is 19.2 Å². The molecule has 0 saturated carbocycles. The molecule has 19 heavy (non-hydrogen) atoms. The van der Waals surface area contributed by atoms with Crippen LogP contribution in [-0.2, 0) is 0 Å². The van der Waals surface area contributed by atoms with E-state index in [1.165, 1.54) is 11.6 Å². The molecular weight excluding hydrogens is 240 g/mol. The Kier molecular flexibility index (Phi) is 3.80. The fourth-order valence-corrected chi connectivity index (χ4v) is 1.85. The van der Waals surface area contributed by atoms with E-state index in [1.54, 1.807) is 18.2 Å². The summed E-state index contributed by atoms with van der Waals surface area (Å²) >= 11 is 0. The molecule has 0 amide bonds. The summed E-state index contributed by atoms with van der Waals surface area (Å²) in [5, 5.41) is 14.0. The number of rotatable bonds is 4. The summed E-state index contributed by atoms with van der Waals surface area (Å²) in [5.74, 6) is 0.472. The van der Waals surface area contributed by atoms with Crippen molar-refractivity contribution in [2.75, 3.05) is 5.32 Å². The van der Waals surface area contributed by atoms with Crippen molar-refractivity contribution in [3.8, 4) is 0 Å². The highest BCUT2D eigenvalue weighted by Crippen LogP contribution is 2.27. The predicted molar refractivity (Wildman–Crippen MR) is 76.9 cm³/mol. The minimum Gasteiger partial charge on any atom is -0.350 e. The lowest BCUT2D eigenvalue weighted by Gasteiger charge is -2.09. The number of nitro benzene ring substituents is 1. The van der Waals surface area contributed by atoms with E-state index in [4.69, 9.17) is 0 Å². The lowest BCUT2D eigenvalue weighted by molar-refractivity contribution is -0.383. The molecule has 98 valence electrons. The topological polar surface area (TPSA) is 55.2 Å². The third-order valence-corrected chi connectivity index (χ3v) is 2.96. The summed E-state index contributed by atoms with van der Waals surface area (Å²) in [5.41, 5.74) is 2.67. The average Bonchev–Trinajstić information content (AvgIpc) is 2.39. The van der Waals surface area contributed by atoms with Crippen LogP contribution in [0.15, 0.2) is 48.5 Å². The van der Waals surface area contributed by atoms with Gasteiger partial charge in [0.05, 0.1) is 4.92 Å². The summed E-state index contributed by atoms with van der Waals surface area (Å²) in [6.07, 6.45) is 0. The van der Waals surface area contributed by atoms with E-state index < -0.39 is 0 Å². The zero-order valence-electron chi connectivity index (χ0n) is 11.0. The Morgan fingerprint density at radius 1 is 1.05 bits per heavy atom. The van der Waals surface area contributed by atoms with E-state index in [9.17, 15) is 10.1 Å². The summed E-state index contributed by atoms with van der Waals surface area (Å²) in [7, 11) is 0. The molecule has 0 saturated heterocycles. The Labute approximate surface area is 112 Å². The number of nitro groups is 1. The Morgan fingerprint density at radius 3 is 2.26 bits per heavy atom. The van der Waals surface area contributed by atoms with Gasteiger partial charge in [0.1, 0.15) is 5.69 Å². The second kappa shape index (κ2) is 5.52. The Hall–Kier alpha value is -2.36. The van der Waals surface area contributed by atoms with Crippen molar-refractivity contribution in [2.45, 2.75) is 19.8 Å². The van der Waals surface area contributed by atoms with Gasteiger partial charge >= 0.3 is 0 Å². The maximum absolute atomic E-state index is 10.9. The highest BCUT2D eigenvalue weighted by molar-refractivity contribution is 5.69. The summed E-state index contributed by atoms with van der Waals surface area (Å²) in [4.78, 5) is 10.5. The van der Waals surface area contributed by atoms with Gasteiger partial charge in [0, 0.05) is 11.8 Å². The molecule has 0 radical (unpaired) electrons. The molecule has 0 atom stereocenters. The lowest BCUT2D eigenvalue weighted by Crippen LogP contribution is -1.97. The minimum atomic E-state index is -0.384. The van der Waals surface area contributed by atoms with E-state index in [0.717, 1.165) is 5.69 Å². The fraction of sp³-hybridized carbons (Fsp3) is 0.200. The molecule has 0 bridgehead atoms. The standard InChI is InChI=1S/C15H16N2O2/c1-11(2)12-7-9-13(10-8-12)16-14-5-3-4-6-15(14)17(18)19/h3-11,16H,1-2H3. The van der Waals surface area contributed by atoms with Crippen LogP contribution in [0.2, 0.25) is 0 Å². The number of anilines is 2. The van der Waals surface area contributed by atoms with Crippen molar-refractivity contribution in [2.24, 2.45) is 0 Å². The molecule has 4 nitrogen and oxygen atoms in total. The van der Waals surface area contributed by atoms with Crippen molar-refractivity contribution < 1.29 is 4.92 Å². The maximum Gasteiger partial charge on any atom is 0.292 e. The molecular formula is C15H16N2O2. The number of nitrogens with one attached hydrogen (secondary N) is 1. The molecule has 0 aliphatic rings. The van der Waals surface area contributed by atoms with E-state index in [-0.39, 0.29) is 10.6 Å². The molecule has 0 aliphatic heterocycles. The van der Waals surface area contributed by atoms with Gasteiger partial charge in [-0.3, -0.25) is 10.1 Å². The number of hydrogen-bond donors (Lipinski definition) is 1. The van der Waals surface area contributed by atoms with Crippen LogP contribution in [0, 0.1) is 10.1 Å². The fourth-order valence-electron chi connectivity index (χ4n) is 1.85. The SMILES string of the molecule is CC(C)c1ccc(Nc2ccccc2[N+](=O)[O-])cc1. The van der Waals surface area contributed by atoms with Gasteiger partial charge in [-0.25, -0.2) is 0 Å². The predicted octanol–water partition coefficient (Wildman–Crippen LogP) is 4.46. The van der Waals surface area contributed by atoms with Crippen LogP contribution in [0.4, 0.5) is 17.1 Å². The van der Waals surface area contributed by atoms with Gasteiger partial charge in [0.2, 0.25) is 0 Å². The van der Waals surface area contributed by atoms with Gasteiger partial charge in [0.25, 0.3) is 5.69 Å². The molecule has 0 aromatic heterocycles. The van der Waals surface area contributed by atoms with Crippen molar-refractivity contribution >= 4 is 17.1 Å². The zero-order chi connectivity index (χ0) is 13.8. The lowest BCUT2D eigenvalue weighted by atomic mass is 10.0. The molecule has 0 aliphatic carbocycles. The Bertz CT molecular complexity index is 577. The number of para-hydroxylation sites is 2. The number of benzene rings is 2. The maximum atomic E-state index is 10.9. The van der Waals surface area contributed by atoms with Gasteiger partial charge in [0.15, 0.2) is 0 Å². The van der Waals surface area contributed by atoms with E-state index in [1.807, 2.05) is 24.3 Å². The first-order chi connectivity index (χ1) is 9.08. The highest BCUT2D eigenvalue weighted by atomic mass is 16.6. The first-order valence-electron chi connectivity index (χ1n) is 6.18. The van der Waals surface area contributed by atoms with Crippen LogP contribution in [0.25, 0.3) is 0 Å². The third kappa shape index (κ3) is 3.10. The van der Waals surface area contributed by atoms with Crippen LogP contribution in [0.1, 0.15) is 25.3 Å². The molecule has 0 fully saturated rings. The van der Waals surface area contributed by atoms with Crippen LogP contribution >= 0.6 is 0 Å². The first kappa shape index (κ1) is 13.1. The normalized spacial score (nSPS) is 10.5. The van der Waals surface area contributed by atoms with Gasteiger partial charge in [-0.2, -0.15) is 0 Å². The molecule has 2 aromatic carbocycles. The van der Waals surface area contributed by atoms with Gasteiger partial charge in [-0.1, -0.05) is 38.1 Å². The molecule has 0 spiro atoms. The van der Waals surface area contributed by atoms with Crippen molar-refractivity contribution in [1.29, 1.82) is 0 Å². The average molecular weight is 256 g/mol. The molecule has 0 heterocycles. The van der Waals surface area contributed by atoms with Crippen molar-refractivity contribution in [3.05, 3.63) is 64.2 Å². The quantitative estimate of drug-likeness (QED) is 0.649. The monoisotopic (exact) mass is 256 g/mol. The molecule has 0 unspecified atom stereocenters. The van der Waals surface area contributed by atoms with Crippen LogP contribution in [0.3, 0.4) is 0 Å². The number of hydrogen-bond acceptors (Lipinski definition) is 3. The largest absolute Gasteiger partial charge is 0.350 e. The molecule has 2 aromatic rings. The Morgan fingerprint density at radius 2 is 1.68 bits per heavy atom. The molecule has 4 heteroatoms. The van der Waals surface area contributed by atoms with Crippen molar-refractivity contribution in [1.82, 2.24) is 0 Å². The Balaban J connectivity index is 2.24. The first-order valence-corrected chi connectivity index (χ1v) is 6.18. The molecule has 2 rings (SSSR count). The second-order valence-electron chi connectivity index (χ2n) is 4.68. The van der Waals surface area contributed by atoms with Gasteiger partial charge in [-0.05, 0) is 29.7 Å². The summed E-state index contributed by atoms with van der Waals surface area (Å²) < 4.78 is 0. The van der Waals surface area contributed by atoms with Crippen LogP contribution in [-0.4, -0.2) is 4.92 Å². The van der Waals surface area contributed by atoms with Gasteiger partial charge in [-0.15, -0.1) is 0 Å². The van der Waals surface area contributed by atoms with Gasteiger partial charge < -0.3 is 5.32 Å². The van der Waals surface area contributed by atoms with Crippen LogP contribution < -0.4 is 5.32 Å². The third-order valence-electron chi connectivity index (χ3n) is 2.96.